The molecule has 0 saturated carbocycles. The number of hydrogen-bond donors (Lipinski definition) is 3. The van der Waals surface area contributed by atoms with Crippen molar-refractivity contribution < 1.29 is 9.59 Å². The molecule has 2 aromatic heterocycles. The number of benzene rings is 2. The lowest BCUT2D eigenvalue weighted by molar-refractivity contribution is -0.117. The largest absolute Gasteiger partial charge is 0.364 e. The van der Waals surface area contributed by atoms with Gasteiger partial charge < -0.3 is 21.3 Å². The number of hydrogen-bond acceptors (Lipinski definition) is 6. The van der Waals surface area contributed by atoms with E-state index in [1.165, 1.54) is 0 Å². The lowest BCUT2D eigenvalue weighted by Gasteiger charge is -2.33. The molecule has 1 unspecified atom stereocenters. The van der Waals surface area contributed by atoms with Crippen LogP contribution in [-0.2, 0) is 23.1 Å². The number of pyridine rings is 2. The molecule has 4 N–H and O–H groups in total. The number of rotatable bonds is 5. The molecular weight excluding hydrogens is 475 g/mol. The summed E-state index contributed by atoms with van der Waals surface area (Å²) >= 11 is 0. The van der Waals surface area contributed by atoms with Crippen LogP contribution in [0.5, 0.6) is 0 Å². The van der Waals surface area contributed by atoms with Gasteiger partial charge in [0.05, 0.1) is 17.8 Å². The van der Waals surface area contributed by atoms with Crippen LogP contribution >= 0.6 is 0 Å². The molecule has 0 radical (unpaired) electrons. The van der Waals surface area contributed by atoms with Crippen molar-refractivity contribution in [2.45, 2.75) is 31.6 Å². The van der Waals surface area contributed by atoms with Crippen molar-refractivity contribution in [1.82, 2.24) is 9.97 Å². The summed E-state index contributed by atoms with van der Waals surface area (Å²) in [6, 6.07) is 18.3. The smallest absolute Gasteiger partial charge is 0.293 e. The van der Waals surface area contributed by atoms with Gasteiger partial charge in [-0.2, -0.15) is 0 Å². The first kappa shape index (κ1) is 22.9. The number of aryl methyl sites for hydroxylation is 1. The van der Waals surface area contributed by atoms with Crippen molar-refractivity contribution in [3.8, 4) is 0 Å². The average Bonchev–Trinajstić information content (AvgIpc) is 3.39. The van der Waals surface area contributed by atoms with E-state index in [9.17, 15) is 9.59 Å². The number of aromatic nitrogens is 2. The monoisotopic (exact) mass is 502 g/mol. The number of amides is 2. The highest BCUT2D eigenvalue weighted by atomic mass is 16.2. The van der Waals surface area contributed by atoms with Gasteiger partial charge in [0.2, 0.25) is 5.91 Å². The maximum absolute atomic E-state index is 12.6. The van der Waals surface area contributed by atoms with E-state index < -0.39 is 0 Å². The van der Waals surface area contributed by atoms with Gasteiger partial charge in [0.1, 0.15) is 5.82 Å². The highest BCUT2D eigenvalue weighted by Crippen LogP contribution is 2.49. The minimum Gasteiger partial charge on any atom is -0.364 e. The number of nitrogens with one attached hydrogen (secondary N) is 2. The number of carbonyl (C=O) groups excluding carboxylic acids is 2. The first-order valence-corrected chi connectivity index (χ1v) is 13.0. The third-order valence-corrected chi connectivity index (χ3v) is 8.32. The predicted molar refractivity (Wildman–Crippen MR) is 150 cm³/mol. The van der Waals surface area contributed by atoms with Crippen LogP contribution < -0.4 is 26.7 Å². The fraction of sp³-hybridized carbons (Fsp3) is 0.241. The summed E-state index contributed by atoms with van der Waals surface area (Å²) in [7, 11) is 0. The third kappa shape index (κ3) is 3.49. The van der Waals surface area contributed by atoms with Crippen molar-refractivity contribution >= 4 is 52.0 Å². The van der Waals surface area contributed by atoms with E-state index in [1.807, 2.05) is 24.3 Å². The second-order valence-corrected chi connectivity index (χ2v) is 10.7. The molecule has 0 saturated heterocycles. The number of nitrogens with two attached hydrogens (primary N) is 1. The van der Waals surface area contributed by atoms with Gasteiger partial charge in [-0.05, 0) is 54.6 Å². The summed E-state index contributed by atoms with van der Waals surface area (Å²) in [5.41, 5.74) is 14.1. The van der Waals surface area contributed by atoms with Gasteiger partial charge in [-0.25, -0.2) is 4.98 Å². The molecule has 5 heterocycles. The average molecular weight is 502 g/mol. The maximum Gasteiger partial charge on any atom is 0.293 e. The summed E-state index contributed by atoms with van der Waals surface area (Å²) < 4.78 is 0. The normalized spacial score (nSPS) is 19.4. The lowest BCUT2D eigenvalue weighted by Crippen LogP contribution is -2.45. The van der Waals surface area contributed by atoms with Crippen molar-refractivity contribution in [2.24, 2.45) is 5.73 Å². The molecule has 0 spiro atoms. The van der Waals surface area contributed by atoms with Crippen LogP contribution in [0, 0.1) is 6.92 Å². The summed E-state index contributed by atoms with van der Waals surface area (Å²) in [5, 5.41) is 6.97. The SMILES string of the molecule is Cc1cc2nc(CN3CC4(CN)CC(=O)Nc5cccc3c54)ccc2cc1CB1C(=O)Nc2ncccc21. The Morgan fingerprint density at radius 1 is 1.11 bits per heavy atom. The van der Waals surface area contributed by atoms with Gasteiger partial charge in [0.15, 0.2) is 5.81 Å². The molecule has 2 amide bonds. The molecule has 7 rings (SSSR count). The van der Waals surface area contributed by atoms with Crippen LogP contribution in [-0.4, -0.2) is 41.5 Å². The van der Waals surface area contributed by atoms with Crippen molar-refractivity contribution in [3.63, 3.8) is 0 Å². The highest BCUT2D eigenvalue weighted by Gasteiger charge is 2.47. The van der Waals surface area contributed by atoms with E-state index in [0.29, 0.717) is 38.2 Å². The molecule has 3 aliphatic rings. The van der Waals surface area contributed by atoms with E-state index >= 15 is 0 Å². The number of carbonyl (C=O) groups is 2. The van der Waals surface area contributed by atoms with E-state index in [-0.39, 0.29) is 23.8 Å². The van der Waals surface area contributed by atoms with E-state index in [4.69, 9.17) is 10.7 Å². The molecule has 0 aliphatic carbocycles. The molecule has 4 aromatic rings. The van der Waals surface area contributed by atoms with Gasteiger partial charge in [0, 0.05) is 53.4 Å². The zero-order chi connectivity index (χ0) is 26.0. The predicted octanol–water partition coefficient (Wildman–Crippen LogP) is 3.11. The first-order chi connectivity index (χ1) is 18.4. The Hall–Kier alpha value is -4.24. The van der Waals surface area contributed by atoms with Crippen LogP contribution in [0.4, 0.5) is 22.0 Å². The van der Waals surface area contributed by atoms with Gasteiger partial charge >= 0.3 is 0 Å². The fourth-order valence-electron chi connectivity index (χ4n) is 6.46. The Balaban J connectivity index is 1.17. The molecule has 3 aliphatic heterocycles. The zero-order valence-corrected chi connectivity index (χ0v) is 21.1. The molecule has 38 heavy (non-hydrogen) atoms. The van der Waals surface area contributed by atoms with E-state index in [1.54, 1.807) is 6.20 Å². The lowest BCUT2D eigenvalue weighted by atomic mass is 9.42. The molecule has 188 valence electrons. The molecule has 9 heteroatoms. The second-order valence-electron chi connectivity index (χ2n) is 10.7. The molecule has 2 aromatic carbocycles. The Kier molecular flexibility index (Phi) is 5.06. The standard InChI is InChI=1S/C29H27BN6O2/c1-17-10-23-18(11-19(17)13-30-21-4-3-9-32-27(21)35-28(30)38)7-8-20(33-23)14-36-16-29(15-31)12-25(37)34-22-5-2-6-24(36)26(22)29/h2-11H,12-16,31H2,1H3,(H,34,37)(H,32,35,38). The summed E-state index contributed by atoms with van der Waals surface area (Å²) in [5.74, 6) is 0.680. The van der Waals surface area contributed by atoms with Crippen molar-refractivity contribution in [2.75, 3.05) is 28.6 Å². The Morgan fingerprint density at radius 3 is 2.87 bits per heavy atom. The Morgan fingerprint density at radius 2 is 2.00 bits per heavy atom. The number of nitrogens with zero attached hydrogens (tertiary/aromatic N) is 3. The van der Waals surface area contributed by atoms with Crippen LogP contribution in [0.25, 0.3) is 10.9 Å². The molecule has 0 bridgehead atoms. The summed E-state index contributed by atoms with van der Waals surface area (Å²) in [6.45, 7) is 3.59. The fourth-order valence-corrected chi connectivity index (χ4v) is 6.46. The highest BCUT2D eigenvalue weighted by molar-refractivity contribution is 7.03. The molecule has 1 atom stereocenters. The van der Waals surface area contributed by atoms with Crippen LogP contribution in [0.2, 0.25) is 0 Å². The van der Waals surface area contributed by atoms with Gasteiger partial charge in [-0.15, -0.1) is 0 Å². The van der Waals surface area contributed by atoms with Gasteiger partial charge in [-0.1, -0.05) is 29.8 Å². The molecule has 0 fully saturated rings. The number of anilines is 3. The Labute approximate surface area is 220 Å². The van der Waals surface area contributed by atoms with Gasteiger partial charge in [0.25, 0.3) is 6.71 Å². The Bertz CT molecular complexity index is 1660. The first-order valence-electron chi connectivity index (χ1n) is 13.0. The summed E-state index contributed by atoms with van der Waals surface area (Å²) in [4.78, 5) is 36.7. The van der Waals surface area contributed by atoms with Crippen molar-refractivity contribution in [3.05, 3.63) is 83.2 Å². The second kappa shape index (κ2) is 8.39. The minimum atomic E-state index is -0.364. The van der Waals surface area contributed by atoms with E-state index in [2.05, 4.69) is 57.8 Å². The number of fused-ring (bicyclic) bond motifs is 2. The van der Waals surface area contributed by atoms with Gasteiger partial charge in [-0.3, -0.25) is 14.6 Å². The van der Waals surface area contributed by atoms with Crippen LogP contribution in [0.1, 0.15) is 28.8 Å². The van der Waals surface area contributed by atoms with Crippen molar-refractivity contribution in [1.29, 1.82) is 0 Å². The quantitative estimate of drug-likeness (QED) is 0.362. The zero-order valence-electron chi connectivity index (χ0n) is 21.1. The maximum atomic E-state index is 12.6. The minimum absolute atomic E-state index is 0.00450. The van der Waals surface area contributed by atoms with Crippen LogP contribution in [0.15, 0.2) is 60.8 Å². The van der Waals surface area contributed by atoms with E-state index in [0.717, 1.165) is 50.1 Å². The summed E-state index contributed by atoms with van der Waals surface area (Å²) in [6.07, 6.45) is 2.72. The third-order valence-electron chi connectivity index (χ3n) is 8.32. The molecular formula is C29H27BN6O2. The van der Waals surface area contributed by atoms with Crippen LogP contribution in [0.3, 0.4) is 0 Å². The molecule has 8 nitrogen and oxygen atoms in total. The topological polar surface area (TPSA) is 113 Å².